The first-order valence-corrected chi connectivity index (χ1v) is 5.65. The molecule has 0 amide bonds. The second-order valence-corrected chi connectivity index (χ2v) is 4.02. The lowest BCUT2D eigenvalue weighted by molar-refractivity contribution is 0.0993. The Morgan fingerprint density at radius 3 is 2.94 bits per heavy atom. The summed E-state index contributed by atoms with van der Waals surface area (Å²) in [6, 6.07) is 4.44. The lowest BCUT2D eigenvalue weighted by Crippen LogP contribution is -2.22. The van der Waals surface area contributed by atoms with Crippen LogP contribution in [0.1, 0.15) is 23.0 Å². The number of carbonyl (C=O) groups is 1. The molecular weight excluding hydrogens is 219 g/mol. The normalized spacial score (nSPS) is 11.0. The molecule has 0 spiro atoms. The minimum atomic E-state index is -0.325. The van der Waals surface area contributed by atoms with E-state index in [1.807, 2.05) is 13.8 Å². The van der Waals surface area contributed by atoms with Gasteiger partial charge in [0.15, 0.2) is 5.78 Å². The van der Waals surface area contributed by atoms with Crippen LogP contribution in [-0.2, 0) is 0 Å². The fourth-order valence-electron chi connectivity index (χ4n) is 1.99. The summed E-state index contributed by atoms with van der Waals surface area (Å²) in [4.78, 5) is 15.1. The van der Waals surface area contributed by atoms with Crippen molar-refractivity contribution >= 4 is 16.7 Å². The monoisotopic (exact) mass is 234 g/mol. The van der Waals surface area contributed by atoms with Crippen molar-refractivity contribution in [3.63, 3.8) is 0 Å². The van der Waals surface area contributed by atoms with E-state index in [2.05, 4.69) is 10.3 Å². The number of nitrogens with one attached hydrogen (secondary N) is 2. The van der Waals surface area contributed by atoms with Gasteiger partial charge in [-0.3, -0.25) is 4.79 Å². The molecule has 4 heteroatoms. The molecule has 0 radical (unpaired) electrons. The number of aromatic amines is 1. The van der Waals surface area contributed by atoms with Gasteiger partial charge in [0.1, 0.15) is 5.82 Å². The number of H-pyrrole nitrogens is 1. The summed E-state index contributed by atoms with van der Waals surface area (Å²) in [6.45, 7) is 4.79. The third-order valence-electron chi connectivity index (χ3n) is 2.76. The van der Waals surface area contributed by atoms with Gasteiger partial charge in [-0.2, -0.15) is 0 Å². The molecule has 2 rings (SSSR count). The molecule has 0 aliphatic heterocycles. The highest BCUT2D eigenvalue weighted by molar-refractivity contribution is 6.10. The van der Waals surface area contributed by atoms with E-state index in [1.54, 1.807) is 6.07 Å². The summed E-state index contributed by atoms with van der Waals surface area (Å²) in [7, 11) is 0. The van der Waals surface area contributed by atoms with E-state index in [4.69, 9.17) is 0 Å². The summed E-state index contributed by atoms with van der Waals surface area (Å²) in [5.41, 5.74) is 2.16. The lowest BCUT2D eigenvalue weighted by atomic mass is 10.1. The fourth-order valence-corrected chi connectivity index (χ4v) is 1.99. The van der Waals surface area contributed by atoms with Gasteiger partial charge in [0.25, 0.3) is 0 Å². The first-order chi connectivity index (χ1) is 8.13. The molecule has 3 nitrogen and oxygen atoms in total. The number of ketones is 1. The zero-order chi connectivity index (χ0) is 12.4. The standard InChI is InChI=1S/C13H15FN2O/c1-3-15-7-12(17)13-8(2)16-11-5-4-9(14)6-10(11)13/h4-6,15-16H,3,7H2,1-2H3. The van der Waals surface area contributed by atoms with Gasteiger partial charge in [-0.25, -0.2) is 4.39 Å². The zero-order valence-electron chi connectivity index (χ0n) is 9.93. The van der Waals surface area contributed by atoms with Gasteiger partial charge in [0.05, 0.1) is 6.54 Å². The molecular formula is C13H15FN2O. The number of fused-ring (bicyclic) bond motifs is 1. The lowest BCUT2D eigenvalue weighted by Gasteiger charge is -2.01. The van der Waals surface area contributed by atoms with Gasteiger partial charge in [-0.1, -0.05) is 6.92 Å². The molecule has 90 valence electrons. The molecule has 0 saturated carbocycles. The van der Waals surface area contributed by atoms with E-state index < -0.39 is 0 Å². The van der Waals surface area contributed by atoms with Gasteiger partial charge in [-0.15, -0.1) is 0 Å². The maximum atomic E-state index is 13.2. The third kappa shape index (κ3) is 2.22. The van der Waals surface area contributed by atoms with E-state index in [-0.39, 0.29) is 18.1 Å². The third-order valence-corrected chi connectivity index (χ3v) is 2.76. The second kappa shape index (κ2) is 4.67. The summed E-state index contributed by atoms with van der Waals surface area (Å²) in [5, 5.41) is 3.64. The van der Waals surface area contributed by atoms with Crippen molar-refractivity contribution < 1.29 is 9.18 Å². The molecule has 1 aromatic heterocycles. The fraction of sp³-hybridized carbons (Fsp3) is 0.308. The van der Waals surface area contributed by atoms with Gasteiger partial charge < -0.3 is 10.3 Å². The van der Waals surface area contributed by atoms with E-state index in [0.29, 0.717) is 10.9 Å². The number of Topliss-reactive ketones (excluding diaryl/α,β-unsaturated/α-hetero) is 1. The van der Waals surface area contributed by atoms with Crippen LogP contribution in [0.5, 0.6) is 0 Å². The summed E-state index contributed by atoms with van der Waals surface area (Å²) < 4.78 is 13.2. The Morgan fingerprint density at radius 1 is 1.47 bits per heavy atom. The van der Waals surface area contributed by atoms with E-state index in [1.165, 1.54) is 12.1 Å². The molecule has 0 saturated heterocycles. The van der Waals surface area contributed by atoms with Crippen molar-refractivity contribution in [2.75, 3.05) is 13.1 Å². The maximum absolute atomic E-state index is 13.2. The Morgan fingerprint density at radius 2 is 2.24 bits per heavy atom. The van der Waals surface area contributed by atoms with Crippen molar-refractivity contribution in [1.29, 1.82) is 0 Å². The summed E-state index contributed by atoms with van der Waals surface area (Å²) >= 11 is 0. The smallest absolute Gasteiger partial charge is 0.179 e. The quantitative estimate of drug-likeness (QED) is 0.798. The number of aryl methyl sites for hydroxylation is 1. The molecule has 0 aliphatic rings. The molecule has 2 N–H and O–H groups in total. The van der Waals surface area contributed by atoms with Crippen LogP contribution in [0, 0.1) is 12.7 Å². The average molecular weight is 234 g/mol. The van der Waals surface area contributed by atoms with E-state index in [0.717, 1.165) is 17.8 Å². The minimum Gasteiger partial charge on any atom is -0.358 e. The van der Waals surface area contributed by atoms with Gasteiger partial charge in [0.2, 0.25) is 0 Å². The highest BCUT2D eigenvalue weighted by Crippen LogP contribution is 2.23. The van der Waals surface area contributed by atoms with Crippen LogP contribution >= 0.6 is 0 Å². The van der Waals surface area contributed by atoms with Crippen molar-refractivity contribution in [2.45, 2.75) is 13.8 Å². The van der Waals surface area contributed by atoms with Crippen LogP contribution in [0.3, 0.4) is 0 Å². The molecule has 17 heavy (non-hydrogen) atoms. The Kier molecular flexibility index (Phi) is 3.24. The van der Waals surface area contributed by atoms with Gasteiger partial charge in [0, 0.05) is 22.2 Å². The van der Waals surface area contributed by atoms with Crippen molar-refractivity contribution in [2.24, 2.45) is 0 Å². The Balaban J connectivity index is 2.48. The summed E-state index contributed by atoms with van der Waals surface area (Å²) in [5.74, 6) is -0.338. The van der Waals surface area contributed by atoms with Crippen LogP contribution < -0.4 is 5.32 Å². The SMILES string of the molecule is CCNCC(=O)c1c(C)[nH]c2ccc(F)cc12. The van der Waals surface area contributed by atoms with Crippen molar-refractivity contribution in [3.8, 4) is 0 Å². The number of hydrogen-bond donors (Lipinski definition) is 2. The molecule has 2 aromatic rings. The van der Waals surface area contributed by atoms with Crippen LogP contribution in [-0.4, -0.2) is 23.9 Å². The molecule has 0 aliphatic carbocycles. The minimum absolute atomic E-state index is 0.0128. The first kappa shape index (κ1) is 11.8. The number of hydrogen-bond acceptors (Lipinski definition) is 2. The highest BCUT2D eigenvalue weighted by Gasteiger charge is 2.15. The van der Waals surface area contributed by atoms with Crippen molar-refractivity contribution in [3.05, 3.63) is 35.3 Å². The predicted molar refractivity (Wildman–Crippen MR) is 65.9 cm³/mol. The van der Waals surface area contributed by atoms with Gasteiger partial charge >= 0.3 is 0 Å². The second-order valence-electron chi connectivity index (χ2n) is 4.02. The average Bonchev–Trinajstić information content (AvgIpc) is 2.61. The Bertz CT molecular complexity index is 560. The molecule has 0 fully saturated rings. The van der Waals surface area contributed by atoms with Crippen LogP contribution in [0.4, 0.5) is 4.39 Å². The number of likely N-dealkylation sites (N-methyl/N-ethyl adjacent to an activating group) is 1. The topological polar surface area (TPSA) is 44.9 Å². The number of aromatic nitrogens is 1. The maximum Gasteiger partial charge on any atom is 0.179 e. The Labute approximate surface area is 99.0 Å². The highest BCUT2D eigenvalue weighted by atomic mass is 19.1. The van der Waals surface area contributed by atoms with Crippen molar-refractivity contribution in [1.82, 2.24) is 10.3 Å². The van der Waals surface area contributed by atoms with E-state index in [9.17, 15) is 9.18 Å². The van der Waals surface area contributed by atoms with E-state index >= 15 is 0 Å². The van der Waals surface area contributed by atoms with Crippen LogP contribution in [0.25, 0.3) is 10.9 Å². The molecule has 0 atom stereocenters. The molecule has 1 heterocycles. The number of benzene rings is 1. The number of halogens is 1. The largest absolute Gasteiger partial charge is 0.358 e. The molecule has 0 unspecified atom stereocenters. The predicted octanol–water partition coefficient (Wildman–Crippen LogP) is 2.41. The van der Waals surface area contributed by atoms with Crippen LogP contribution in [0.15, 0.2) is 18.2 Å². The number of rotatable bonds is 4. The van der Waals surface area contributed by atoms with Gasteiger partial charge in [-0.05, 0) is 31.7 Å². The van der Waals surface area contributed by atoms with Crippen LogP contribution in [0.2, 0.25) is 0 Å². The molecule has 1 aromatic carbocycles. The molecule has 0 bridgehead atoms. The Hall–Kier alpha value is -1.68. The zero-order valence-corrected chi connectivity index (χ0v) is 9.93. The first-order valence-electron chi connectivity index (χ1n) is 5.65. The number of carbonyl (C=O) groups excluding carboxylic acids is 1. The summed E-state index contributed by atoms with van der Waals surface area (Å²) in [6.07, 6.45) is 0.